The Labute approximate surface area is 137 Å². The number of carboxylic acids is 1. The predicted octanol–water partition coefficient (Wildman–Crippen LogP) is 2.29. The molecule has 1 aromatic carbocycles. The fourth-order valence-electron chi connectivity index (χ4n) is 1.84. The van der Waals surface area contributed by atoms with E-state index in [9.17, 15) is 4.79 Å². The van der Waals surface area contributed by atoms with Crippen LogP contribution < -0.4 is 10.5 Å². The number of carbonyl (C=O) groups is 1. The molecule has 2 aromatic heterocycles. The van der Waals surface area contributed by atoms with Gasteiger partial charge in [0.05, 0.1) is 17.8 Å². The Balaban J connectivity index is 0.000000647. The first-order valence-electron chi connectivity index (χ1n) is 7.04. The molecule has 0 aliphatic rings. The summed E-state index contributed by atoms with van der Waals surface area (Å²) in [5, 5.41) is 17.9. The molecule has 2 heterocycles. The van der Waals surface area contributed by atoms with E-state index >= 15 is 0 Å². The SMILES string of the molecule is CCN.N#Cc1cccc(Oc2cnc3[nH]cc(C(=O)O)c3n2)c1. The van der Waals surface area contributed by atoms with Crippen LogP contribution >= 0.6 is 0 Å². The van der Waals surface area contributed by atoms with Crippen LogP contribution in [-0.2, 0) is 0 Å². The first kappa shape index (κ1) is 16.9. The minimum Gasteiger partial charge on any atom is -0.478 e. The molecule has 0 aliphatic carbocycles. The van der Waals surface area contributed by atoms with Crippen molar-refractivity contribution >= 4 is 17.1 Å². The zero-order chi connectivity index (χ0) is 17.5. The van der Waals surface area contributed by atoms with E-state index in [4.69, 9.17) is 20.8 Å². The number of nitriles is 1. The molecule has 3 aromatic rings. The molecule has 0 atom stereocenters. The maximum atomic E-state index is 11.1. The van der Waals surface area contributed by atoms with Crippen LogP contribution in [0.25, 0.3) is 11.2 Å². The van der Waals surface area contributed by atoms with Crippen molar-refractivity contribution in [2.75, 3.05) is 6.54 Å². The monoisotopic (exact) mass is 325 g/mol. The molecule has 0 saturated carbocycles. The van der Waals surface area contributed by atoms with Crippen molar-refractivity contribution in [3.63, 3.8) is 0 Å². The fourth-order valence-corrected chi connectivity index (χ4v) is 1.84. The molecule has 0 saturated heterocycles. The zero-order valence-electron chi connectivity index (χ0n) is 12.9. The van der Waals surface area contributed by atoms with Gasteiger partial charge >= 0.3 is 5.97 Å². The number of hydrogen-bond acceptors (Lipinski definition) is 6. The maximum absolute atomic E-state index is 11.1. The van der Waals surface area contributed by atoms with E-state index in [1.807, 2.05) is 13.0 Å². The largest absolute Gasteiger partial charge is 0.478 e. The van der Waals surface area contributed by atoms with Crippen molar-refractivity contribution in [1.82, 2.24) is 15.0 Å². The molecule has 0 fully saturated rings. The van der Waals surface area contributed by atoms with Gasteiger partial charge in [-0.05, 0) is 24.7 Å². The van der Waals surface area contributed by atoms with Crippen LogP contribution in [0.2, 0.25) is 0 Å². The smallest absolute Gasteiger partial charge is 0.339 e. The third-order valence-corrected chi connectivity index (χ3v) is 2.77. The highest BCUT2D eigenvalue weighted by molar-refractivity contribution is 6.00. The van der Waals surface area contributed by atoms with Crippen LogP contribution in [0.4, 0.5) is 0 Å². The lowest BCUT2D eigenvalue weighted by Crippen LogP contribution is -1.96. The Kier molecular flexibility index (Phi) is 5.44. The topological polar surface area (TPSA) is 138 Å². The van der Waals surface area contributed by atoms with E-state index in [1.54, 1.807) is 24.3 Å². The van der Waals surface area contributed by atoms with Gasteiger partial charge in [0.1, 0.15) is 16.8 Å². The lowest BCUT2D eigenvalue weighted by Gasteiger charge is -2.04. The minimum absolute atomic E-state index is 0.0220. The van der Waals surface area contributed by atoms with Crippen molar-refractivity contribution in [2.45, 2.75) is 6.92 Å². The molecule has 0 amide bonds. The number of aromatic nitrogens is 3. The molecule has 4 N–H and O–H groups in total. The van der Waals surface area contributed by atoms with Crippen molar-refractivity contribution < 1.29 is 14.6 Å². The molecule has 0 bridgehead atoms. The highest BCUT2D eigenvalue weighted by Crippen LogP contribution is 2.22. The van der Waals surface area contributed by atoms with Gasteiger partial charge in [-0.3, -0.25) is 0 Å². The number of nitrogens with two attached hydrogens (primary N) is 1. The summed E-state index contributed by atoms with van der Waals surface area (Å²) < 4.78 is 5.50. The van der Waals surface area contributed by atoms with Crippen LogP contribution in [0.3, 0.4) is 0 Å². The average Bonchev–Trinajstić information content (AvgIpc) is 2.99. The number of ether oxygens (including phenoxy) is 1. The number of hydrogen-bond donors (Lipinski definition) is 3. The van der Waals surface area contributed by atoms with Crippen molar-refractivity contribution in [3.8, 4) is 17.7 Å². The van der Waals surface area contributed by atoms with E-state index in [-0.39, 0.29) is 17.0 Å². The van der Waals surface area contributed by atoms with Gasteiger partial charge in [-0.1, -0.05) is 13.0 Å². The number of nitrogens with zero attached hydrogens (tertiary/aromatic N) is 3. The lowest BCUT2D eigenvalue weighted by molar-refractivity contribution is 0.0699. The summed E-state index contributed by atoms with van der Waals surface area (Å²) in [6, 6.07) is 8.56. The average molecular weight is 325 g/mol. The Hall–Kier alpha value is -3.44. The Morgan fingerprint density at radius 2 is 2.25 bits per heavy atom. The molecule has 122 valence electrons. The molecule has 0 aliphatic heterocycles. The predicted molar refractivity (Wildman–Crippen MR) is 86.8 cm³/mol. The highest BCUT2D eigenvalue weighted by atomic mass is 16.5. The van der Waals surface area contributed by atoms with Gasteiger partial charge in [0.25, 0.3) is 0 Å². The lowest BCUT2D eigenvalue weighted by atomic mass is 10.2. The summed E-state index contributed by atoms with van der Waals surface area (Å²) >= 11 is 0. The van der Waals surface area contributed by atoms with Gasteiger partial charge < -0.3 is 20.6 Å². The molecular formula is C16H15N5O3. The highest BCUT2D eigenvalue weighted by Gasteiger charge is 2.14. The molecule has 0 spiro atoms. The minimum atomic E-state index is -1.10. The summed E-state index contributed by atoms with van der Waals surface area (Å²) in [4.78, 5) is 22.0. The first-order chi connectivity index (χ1) is 11.6. The molecule has 8 nitrogen and oxygen atoms in total. The third-order valence-electron chi connectivity index (χ3n) is 2.77. The number of aromatic carboxylic acids is 1. The molecule has 24 heavy (non-hydrogen) atoms. The number of rotatable bonds is 3. The summed E-state index contributed by atoms with van der Waals surface area (Å²) in [6.07, 6.45) is 2.70. The van der Waals surface area contributed by atoms with Gasteiger partial charge in [-0.2, -0.15) is 5.26 Å². The molecule has 3 rings (SSSR count). The Morgan fingerprint density at radius 1 is 1.50 bits per heavy atom. The normalized spacial score (nSPS) is 9.71. The van der Waals surface area contributed by atoms with Crippen LogP contribution in [0.5, 0.6) is 11.6 Å². The van der Waals surface area contributed by atoms with E-state index in [1.165, 1.54) is 12.4 Å². The first-order valence-corrected chi connectivity index (χ1v) is 7.04. The summed E-state index contributed by atoms with van der Waals surface area (Å²) in [5.41, 5.74) is 5.91. The van der Waals surface area contributed by atoms with Gasteiger partial charge in [-0.25, -0.2) is 14.8 Å². The van der Waals surface area contributed by atoms with Gasteiger partial charge in [0.2, 0.25) is 5.88 Å². The second-order valence-electron chi connectivity index (χ2n) is 4.56. The van der Waals surface area contributed by atoms with Crippen LogP contribution in [-0.4, -0.2) is 32.6 Å². The fraction of sp³-hybridized carbons (Fsp3) is 0.125. The van der Waals surface area contributed by atoms with Crippen LogP contribution in [0, 0.1) is 11.3 Å². The molecule has 8 heteroatoms. The number of fused-ring (bicyclic) bond motifs is 1. The van der Waals surface area contributed by atoms with Crippen LogP contribution in [0.15, 0.2) is 36.7 Å². The van der Waals surface area contributed by atoms with E-state index in [2.05, 4.69) is 15.0 Å². The second kappa shape index (κ2) is 7.71. The number of nitrogens with one attached hydrogen (secondary N) is 1. The summed E-state index contributed by atoms with van der Waals surface area (Å²) in [5.74, 6) is -0.519. The van der Waals surface area contributed by atoms with E-state index in [0.29, 0.717) is 17.0 Å². The molecule has 0 radical (unpaired) electrons. The Morgan fingerprint density at radius 3 is 2.92 bits per heavy atom. The standard InChI is InChI=1S/C14H8N4O3.C2H7N/c15-5-8-2-1-3-9(4-8)21-11-7-17-13-12(18-11)10(6-16-13)14(19)20;1-2-3/h1-4,6-7H,(H,16,17)(H,19,20);2-3H2,1H3. The maximum Gasteiger partial charge on any atom is 0.339 e. The van der Waals surface area contributed by atoms with Crippen LogP contribution in [0.1, 0.15) is 22.8 Å². The summed E-state index contributed by atoms with van der Waals surface area (Å²) in [7, 11) is 0. The van der Waals surface area contributed by atoms with Crippen molar-refractivity contribution in [1.29, 1.82) is 5.26 Å². The zero-order valence-corrected chi connectivity index (χ0v) is 12.9. The van der Waals surface area contributed by atoms with E-state index < -0.39 is 5.97 Å². The van der Waals surface area contributed by atoms with Crippen molar-refractivity contribution in [3.05, 3.63) is 47.8 Å². The number of aromatic amines is 1. The van der Waals surface area contributed by atoms with Gasteiger partial charge in [0, 0.05) is 6.20 Å². The number of benzene rings is 1. The number of carboxylic acid groups (broad SMARTS) is 1. The summed E-state index contributed by atoms with van der Waals surface area (Å²) in [6.45, 7) is 2.65. The van der Waals surface area contributed by atoms with Gasteiger partial charge in [0.15, 0.2) is 5.65 Å². The molecular weight excluding hydrogens is 310 g/mol. The second-order valence-corrected chi connectivity index (χ2v) is 4.56. The third kappa shape index (κ3) is 3.85. The van der Waals surface area contributed by atoms with Gasteiger partial charge in [-0.15, -0.1) is 0 Å². The van der Waals surface area contributed by atoms with E-state index in [0.717, 1.165) is 6.54 Å². The quantitative estimate of drug-likeness (QED) is 0.671. The Bertz CT molecular complexity index is 898. The van der Waals surface area contributed by atoms with Crippen molar-refractivity contribution in [2.24, 2.45) is 5.73 Å². The number of H-pyrrole nitrogens is 1. The molecule has 0 unspecified atom stereocenters.